The summed E-state index contributed by atoms with van der Waals surface area (Å²) >= 11 is 0. The first-order valence-corrected chi connectivity index (χ1v) is 8.42. The SMILES string of the molecule is CCOC(=O)/C=C/c1ccc(OC(=O)c2nc(C)c(C)nc2C)c(OC)c1. The molecule has 7 heteroatoms. The largest absolute Gasteiger partial charge is 0.493 e. The van der Waals surface area contributed by atoms with Gasteiger partial charge in [0, 0.05) is 6.08 Å². The number of carbonyl (C=O) groups excluding carboxylic acids is 2. The Morgan fingerprint density at radius 2 is 1.74 bits per heavy atom. The van der Waals surface area contributed by atoms with Gasteiger partial charge in [-0.3, -0.25) is 4.98 Å². The molecular formula is C20H22N2O5. The summed E-state index contributed by atoms with van der Waals surface area (Å²) in [5.74, 6) is -0.453. The molecule has 0 bridgehead atoms. The van der Waals surface area contributed by atoms with Crippen molar-refractivity contribution in [3.05, 3.63) is 52.6 Å². The zero-order valence-electron chi connectivity index (χ0n) is 16.0. The van der Waals surface area contributed by atoms with Crippen LogP contribution in [-0.4, -0.2) is 35.6 Å². The van der Waals surface area contributed by atoms with Crippen molar-refractivity contribution in [3.63, 3.8) is 0 Å². The Bertz CT molecular complexity index is 890. The molecule has 142 valence electrons. The molecule has 0 aliphatic heterocycles. The summed E-state index contributed by atoms with van der Waals surface area (Å²) < 4.78 is 15.6. The van der Waals surface area contributed by atoms with E-state index in [1.165, 1.54) is 13.2 Å². The molecule has 1 heterocycles. The fourth-order valence-corrected chi connectivity index (χ4v) is 2.28. The van der Waals surface area contributed by atoms with Gasteiger partial charge >= 0.3 is 11.9 Å². The number of carbonyl (C=O) groups is 2. The van der Waals surface area contributed by atoms with Crippen molar-refractivity contribution in [2.45, 2.75) is 27.7 Å². The van der Waals surface area contributed by atoms with Crippen molar-refractivity contribution in [1.82, 2.24) is 9.97 Å². The van der Waals surface area contributed by atoms with Gasteiger partial charge in [0.2, 0.25) is 0 Å². The highest BCUT2D eigenvalue weighted by Crippen LogP contribution is 2.29. The van der Waals surface area contributed by atoms with Crippen LogP contribution < -0.4 is 9.47 Å². The van der Waals surface area contributed by atoms with E-state index in [-0.39, 0.29) is 11.4 Å². The minimum Gasteiger partial charge on any atom is -0.493 e. The van der Waals surface area contributed by atoms with E-state index in [4.69, 9.17) is 14.2 Å². The monoisotopic (exact) mass is 370 g/mol. The van der Waals surface area contributed by atoms with Crippen LogP contribution >= 0.6 is 0 Å². The molecule has 0 atom stereocenters. The van der Waals surface area contributed by atoms with Crippen molar-refractivity contribution >= 4 is 18.0 Å². The van der Waals surface area contributed by atoms with E-state index in [0.717, 1.165) is 5.69 Å². The molecule has 0 aliphatic rings. The summed E-state index contributed by atoms with van der Waals surface area (Å²) in [4.78, 5) is 32.5. The fraction of sp³-hybridized carbons (Fsp3) is 0.300. The lowest BCUT2D eigenvalue weighted by molar-refractivity contribution is -0.137. The van der Waals surface area contributed by atoms with Crippen molar-refractivity contribution in [2.24, 2.45) is 0 Å². The van der Waals surface area contributed by atoms with Gasteiger partial charge in [-0.25, -0.2) is 14.6 Å². The summed E-state index contributed by atoms with van der Waals surface area (Å²) in [6, 6.07) is 4.93. The fourth-order valence-electron chi connectivity index (χ4n) is 2.28. The van der Waals surface area contributed by atoms with Gasteiger partial charge in [0.05, 0.1) is 30.8 Å². The molecule has 1 aromatic heterocycles. The summed E-state index contributed by atoms with van der Waals surface area (Å²) in [6.07, 6.45) is 2.91. The topological polar surface area (TPSA) is 87.6 Å². The first-order chi connectivity index (χ1) is 12.8. The molecule has 1 aromatic carbocycles. The van der Waals surface area contributed by atoms with E-state index in [0.29, 0.717) is 29.3 Å². The van der Waals surface area contributed by atoms with Gasteiger partial charge in [-0.1, -0.05) is 6.07 Å². The Kier molecular flexibility index (Phi) is 6.65. The summed E-state index contributed by atoms with van der Waals surface area (Å²) in [7, 11) is 1.46. The highest BCUT2D eigenvalue weighted by atomic mass is 16.6. The third-order valence-electron chi connectivity index (χ3n) is 3.76. The molecule has 0 saturated heterocycles. The zero-order valence-corrected chi connectivity index (χ0v) is 16.0. The summed E-state index contributed by atoms with van der Waals surface area (Å²) in [6.45, 7) is 7.36. The van der Waals surface area contributed by atoms with Crippen LogP contribution in [-0.2, 0) is 9.53 Å². The van der Waals surface area contributed by atoms with Crippen molar-refractivity contribution in [2.75, 3.05) is 13.7 Å². The Morgan fingerprint density at radius 3 is 2.41 bits per heavy atom. The molecule has 7 nitrogen and oxygen atoms in total. The second-order valence-electron chi connectivity index (χ2n) is 5.71. The average Bonchev–Trinajstić information content (AvgIpc) is 2.64. The average molecular weight is 370 g/mol. The molecule has 0 aliphatic carbocycles. The zero-order chi connectivity index (χ0) is 20.0. The molecule has 0 N–H and O–H groups in total. The van der Waals surface area contributed by atoms with Crippen LogP contribution in [0, 0.1) is 20.8 Å². The van der Waals surface area contributed by atoms with Crippen LogP contribution in [0.3, 0.4) is 0 Å². The van der Waals surface area contributed by atoms with Crippen molar-refractivity contribution in [3.8, 4) is 11.5 Å². The van der Waals surface area contributed by atoms with Crippen molar-refractivity contribution < 1.29 is 23.8 Å². The molecule has 27 heavy (non-hydrogen) atoms. The lowest BCUT2D eigenvalue weighted by atomic mass is 10.2. The summed E-state index contributed by atoms with van der Waals surface area (Å²) in [5, 5.41) is 0. The van der Waals surface area contributed by atoms with Crippen LogP contribution in [0.5, 0.6) is 11.5 Å². The number of esters is 2. The number of ether oxygens (including phenoxy) is 3. The third-order valence-corrected chi connectivity index (χ3v) is 3.76. The first kappa shape index (κ1) is 20.1. The van der Waals surface area contributed by atoms with Gasteiger partial charge in [0.1, 0.15) is 0 Å². The molecule has 0 fully saturated rings. The normalized spacial score (nSPS) is 10.7. The van der Waals surface area contributed by atoms with E-state index in [1.807, 2.05) is 6.92 Å². The molecule has 0 radical (unpaired) electrons. The molecule has 0 unspecified atom stereocenters. The van der Waals surface area contributed by atoms with Gasteiger partial charge < -0.3 is 14.2 Å². The molecule has 0 spiro atoms. The van der Waals surface area contributed by atoms with Crippen molar-refractivity contribution in [1.29, 1.82) is 0 Å². The number of aromatic nitrogens is 2. The smallest absolute Gasteiger partial charge is 0.364 e. The lowest BCUT2D eigenvalue weighted by Gasteiger charge is -2.11. The first-order valence-electron chi connectivity index (χ1n) is 8.42. The van der Waals surface area contributed by atoms with Crippen LogP contribution in [0.4, 0.5) is 0 Å². The molecule has 2 rings (SSSR count). The quantitative estimate of drug-likeness (QED) is 0.438. The highest BCUT2D eigenvalue weighted by Gasteiger charge is 2.18. The maximum absolute atomic E-state index is 12.5. The van der Waals surface area contributed by atoms with E-state index < -0.39 is 11.9 Å². The predicted molar refractivity (Wildman–Crippen MR) is 99.9 cm³/mol. The third kappa shape index (κ3) is 5.13. The minimum absolute atomic E-state index is 0.159. The predicted octanol–water partition coefficient (Wildman–Crippen LogP) is 3.21. The van der Waals surface area contributed by atoms with Crippen LogP contribution in [0.2, 0.25) is 0 Å². The van der Waals surface area contributed by atoms with E-state index in [1.54, 1.807) is 45.0 Å². The van der Waals surface area contributed by atoms with Gasteiger partial charge in [-0.2, -0.15) is 0 Å². The Hall–Kier alpha value is -3.22. The van der Waals surface area contributed by atoms with E-state index in [9.17, 15) is 9.59 Å². The number of nitrogens with zero attached hydrogens (tertiary/aromatic N) is 2. The van der Waals surface area contributed by atoms with Gasteiger partial charge in [-0.15, -0.1) is 0 Å². The minimum atomic E-state index is -0.615. The van der Waals surface area contributed by atoms with Crippen LogP contribution in [0.15, 0.2) is 24.3 Å². The van der Waals surface area contributed by atoms with E-state index in [2.05, 4.69) is 9.97 Å². The van der Waals surface area contributed by atoms with E-state index >= 15 is 0 Å². The second kappa shape index (κ2) is 8.93. The lowest BCUT2D eigenvalue weighted by Crippen LogP contribution is -2.15. The highest BCUT2D eigenvalue weighted by molar-refractivity contribution is 5.90. The summed E-state index contributed by atoms with van der Waals surface area (Å²) in [5.41, 5.74) is 2.78. The Morgan fingerprint density at radius 1 is 1.04 bits per heavy atom. The number of hydrogen-bond donors (Lipinski definition) is 0. The van der Waals surface area contributed by atoms with Gasteiger partial charge in [-0.05, 0) is 51.5 Å². The van der Waals surface area contributed by atoms with Crippen LogP contribution in [0.1, 0.15) is 40.1 Å². The van der Waals surface area contributed by atoms with Gasteiger partial charge in [0.25, 0.3) is 0 Å². The maximum Gasteiger partial charge on any atom is 0.364 e. The number of methoxy groups -OCH3 is 1. The van der Waals surface area contributed by atoms with Gasteiger partial charge in [0.15, 0.2) is 17.2 Å². The molecule has 0 saturated carbocycles. The number of rotatable bonds is 6. The Balaban J connectivity index is 2.22. The second-order valence-corrected chi connectivity index (χ2v) is 5.71. The number of benzene rings is 1. The molecule has 0 amide bonds. The molecule has 2 aromatic rings. The Labute approximate surface area is 158 Å². The number of aryl methyl sites for hydroxylation is 3. The maximum atomic E-state index is 12.5. The molecular weight excluding hydrogens is 348 g/mol. The van der Waals surface area contributed by atoms with Crippen LogP contribution in [0.25, 0.3) is 6.08 Å². The standard InChI is InChI=1S/C20H22N2O5/c1-6-26-18(23)10-8-15-7-9-16(17(11-15)25-5)27-20(24)19-14(4)21-12(2)13(3)22-19/h7-11H,6H2,1-5H3/b10-8+. The number of hydrogen-bond acceptors (Lipinski definition) is 7.